The zero-order valence-corrected chi connectivity index (χ0v) is 14.9. The van der Waals surface area contributed by atoms with Crippen LogP contribution in [0.2, 0.25) is 0 Å². The van der Waals surface area contributed by atoms with Crippen molar-refractivity contribution >= 4 is 12.2 Å². The number of rotatable bonds is 4. The third-order valence-electron chi connectivity index (χ3n) is 3.84. The van der Waals surface area contributed by atoms with Crippen LogP contribution in [0.25, 0.3) is 0 Å². The van der Waals surface area contributed by atoms with Gasteiger partial charge < -0.3 is 24.8 Å². The number of nitrogens with one attached hydrogen (secondary N) is 1. The molecule has 1 saturated heterocycles. The fourth-order valence-corrected chi connectivity index (χ4v) is 2.64. The Morgan fingerprint density at radius 1 is 1.24 bits per heavy atom. The van der Waals surface area contributed by atoms with Crippen LogP contribution >= 0.6 is 0 Å². The van der Waals surface area contributed by atoms with Gasteiger partial charge in [0.1, 0.15) is 12.2 Å². The van der Waals surface area contributed by atoms with Crippen molar-refractivity contribution in [3.63, 3.8) is 0 Å². The third-order valence-corrected chi connectivity index (χ3v) is 3.84. The summed E-state index contributed by atoms with van der Waals surface area (Å²) in [5.41, 5.74) is 0.295. The van der Waals surface area contributed by atoms with Crippen LogP contribution in [0.15, 0.2) is 30.3 Å². The monoisotopic (exact) mass is 350 g/mol. The lowest BCUT2D eigenvalue weighted by Gasteiger charge is -2.23. The highest BCUT2D eigenvalue weighted by Gasteiger charge is 2.37. The summed E-state index contributed by atoms with van der Waals surface area (Å²) in [5, 5.41) is 12.2. The van der Waals surface area contributed by atoms with E-state index in [1.54, 1.807) is 20.8 Å². The van der Waals surface area contributed by atoms with Crippen LogP contribution < -0.4 is 5.32 Å². The lowest BCUT2D eigenvalue weighted by molar-refractivity contribution is 0.0486. The minimum Gasteiger partial charge on any atom is -0.445 e. The summed E-state index contributed by atoms with van der Waals surface area (Å²) in [6.07, 6.45) is -1.02. The Morgan fingerprint density at radius 2 is 1.92 bits per heavy atom. The van der Waals surface area contributed by atoms with Crippen molar-refractivity contribution in [2.45, 2.75) is 39.0 Å². The number of carbonyl (C=O) groups excluding carboxylic acids is 2. The lowest BCUT2D eigenvalue weighted by Crippen LogP contribution is -2.44. The zero-order valence-electron chi connectivity index (χ0n) is 14.9. The lowest BCUT2D eigenvalue weighted by atomic mass is 10.1. The quantitative estimate of drug-likeness (QED) is 0.869. The van der Waals surface area contributed by atoms with Crippen LogP contribution in [0, 0.1) is 5.92 Å². The Kier molecular flexibility index (Phi) is 6.25. The van der Waals surface area contributed by atoms with Crippen molar-refractivity contribution in [1.82, 2.24) is 10.2 Å². The van der Waals surface area contributed by atoms with E-state index in [-0.39, 0.29) is 31.7 Å². The molecule has 1 aromatic carbocycles. The summed E-state index contributed by atoms with van der Waals surface area (Å²) in [7, 11) is 0. The highest BCUT2D eigenvalue weighted by atomic mass is 16.6. The number of aliphatic hydroxyl groups excluding tert-OH is 1. The summed E-state index contributed by atoms with van der Waals surface area (Å²) < 4.78 is 10.5. The van der Waals surface area contributed by atoms with Gasteiger partial charge in [0, 0.05) is 25.6 Å². The third kappa shape index (κ3) is 5.94. The molecule has 2 unspecified atom stereocenters. The summed E-state index contributed by atoms with van der Waals surface area (Å²) in [5.74, 6) is -0.253. The van der Waals surface area contributed by atoms with Gasteiger partial charge in [-0.25, -0.2) is 9.59 Å². The van der Waals surface area contributed by atoms with Crippen LogP contribution in [0.3, 0.4) is 0 Å². The molecule has 1 fully saturated rings. The van der Waals surface area contributed by atoms with E-state index in [2.05, 4.69) is 5.32 Å². The molecule has 1 aromatic rings. The van der Waals surface area contributed by atoms with Crippen LogP contribution in [0.1, 0.15) is 26.3 Å². The molecule has 7 heteroatoms. The van der Waals surface area contributed by atoms with Crippen molar-refractivity contribution in [3.8, 4) is 0 Å². The number of hydrogen-bond donors (Lipinski definition) is 2. The van der Waals surface area contributed by atoms with E-state index >= 15 is 0 Å². The fourth-order valence-electron chi connectivity index (χ4n) is 2.64. The van der Waals surface area contributed by atoms with Gasteiger partial charge in [-0.3, -0.25) is 0 Å². The molecule has 1 aliphatic heterocycles. The highest BCUT2D eigenvalue weighted by Crippen LogP contribution is 2.19. The topological polar surface area (TPSA) is 88.1 Å². The SMILES string of the molecule is CC(C)(C)OC(=O)NC1CN(C(=O)OCc2ccccc2)CC1CO. The molecule has 2 rings (SSSR count). The van der Waals surface area contributed by atoms with E-state index in [1.165, 1.54) is 4.90 Å². The number of ether oxygens (including phenoxy) is 2. The van der Waals surface area contributed by atoms with Crippen LogP contribution in [0.4, 0.5) is 9.59 Å². The smallest absolute Gasteiger partial charge is 0.410 e. The predicted molar refractivity (Wildman–Crippen MR) is 91.9 cm³/mol. The molecule has 2 amide bonds. The number of carbonyl (C=O) groups is 2. The summed E-state index contributed by atoms with van der Waals surface area (Å²) >= 11 is 0. The Bertz CT molecular complexity index is 585. The number of nitrogens with zero attached hydrogens (tertiary/aromatic N) is 1. The Hall–Kier alpha value is -2.28. The standard InChI is InChI=1S/C18H26N2O5/c1-18(2,3)25-16(22)19-15-10-20(9-14(15)11-21)17(23)24-12-13-7-5-4-6-8-13/h4-8,14-15,21H,9-12H2,1-3H3,(H,19,22). The number of amides is 2. The van der Waals surface area contributed by atoms with Crippen molar-refractivity contribution < 1.29 is 24.2 Å². The largest absolute Gasteiger partial charge is 0.445 e. The first-order valence-corrected chi connectivity index (χ1v) is 8.34. The molecule has 1 heterocycles. The maximum atomic E-state index is 12.2. The van der Waals surface area contributed by atoms with Gasteiger partial charge in [0.15, 0.2) is 0 Å². The second kappa shape index (κ2) is 8.20. The van der Waals surface area contributed by atoms with E-state index in [0.29, 0.717) is 6.54 Å². The molecule has 0 aliphatic carbocycles. The molecule has 2 N–H and O–H groups in total. The molecule has 138 valence electrons. The molecule has 0 aromatic heterocycles. The number of aliphatic hydroxyl groups is 1. The maximum Gasteiger partial charge on any atom is 0.410 e. The normalized spacial score (nSPS) is 20.2. The van der Waals surface area contributed by atoms with Gasteiger partial charge in [-0.05, 0) is 26.3 Å². The van der Waals surface area contributed by atoms with E-state index in [4.69, 9.17) is 9.47 Å². The number of hydrogen-bond acceptors (Lipinski definition) is 5. The van der Waals surface area contributed by atoms with E-state index in [9.17, 15) is 14.7 Å². The first-order valence-electron chi connectivity index (χ1n) is 8.34. The van der Waals surface area contributed by atoms with Crippen molar-refractivity contribution in [2.75, 3.05) is 19.7 Å². The average Bonchev–Trinajstić information content (AvgIpc) is 2.94. The Balaban J connectivity index is 1.87. The average molecular weight is 350 g/mol. The maximum absolute atomic E-state index is 12.2. The van der Waals surface area contributed by atoms with Gasteiger partial charge in [0.2, 0.25) is 0 Å². The van der Waals surface area contributed by atoms with Gasteiger partial charge >= 0.3 is 12.2 Å². The van der Waals surface area contributed by atoms with Gasteiger partial charge in [-0.15, -0.1) is 0 Å². The molecule has 0 spiro atoms. The number of likely N-dealkylation sites (tertiary alicyclic amines) is 1. The van der Waals surface area contributed by atoms with E-state index in [1.807, 2.05) is 30.3 Å². The summed E-state index contributed by atoms with van der Waals surface area (Å²) in [6.45, 7) is 5.98. The summed E-state index contributed by atoms with van der Waals surface area (Å²) in [4.78, 5) is 25.6. The van der Waals surface area contributed by atoms with Gasteiger partial charge in [-0.1, -0.05) is 30.3 Å². The predicted octanol–water partition coefficient (Wildman–Crippen LogP) is 2.14. The van der Waals surface area contributed by atoms with Crippen LogP contribution in [-0.2, 0) is 16.1 Å². The van der Waals surface area contributed by atoms with Gasteiger partial charge in [0.25, 0.3) is 0 Å². The first kappa shape index (κ1) is 19.1. The first-order chi connectivity index (χ1) is 11.8. The number of alkyl carbamates (subject to hydrolysis) is 1. The molecule has 25 heavy (non-hydrogen) atoms. The van der Waals surface area contributed by atoms with Crippen molar-refractivity contribution in [3.05, 3.63) is 35.9 Å². The molecule has 0 saturated carbocycles. The van der Waals surface area contributed by atoms with E-state index < -0.39 is 17.8 Å². The Labute approximate surface area is 147 Å². The molecule has 2 atom stereocenters. The zero-order chi connectivity index (χ0) is 18.4. The van der Waals surface area contributed by atoms with Gasteiger partial charge in [-0.2, -0.15) is 0 Å². The fraction of sp³-hybridized carbons (Fsp3) is 0.556. The molecule has 0 radical (unpaired) electrons. The van der Waals surface area contributed by atoms with Gasteiger partial charge in [0.05, 0.1) is 6.04 Å². The summed E-state index contributed by atoms with van der Waals surface area (Å²) in [6, 6.07) is 9.03. The number of benzene rings is 1. The van der Waals surface area contributed by atoms with E-state index in [0.717, 1.165) is 5.56 Å². The second-order valence-electron chi connectivity index (χ2n) is 7.14. The molecule has 0 bridgehead atoms. The van der Waals surface area contributed by atoms with Crippen LogP contribution in [0.5, 0.6) is 0 Å². The molecular formula is C18H26N2O5. The van der Waals surface area contributed by atoms with Crippen LogP contribution in [-0.4, -0.2) is 53.5 Å². The molecule has 1 aliphatic rings. The minimum absolute atomic E-state index is 0.136. The highest BCUT2D eigenvalue weighted by molar-refractivity contribution is 5.70. The Morgan fingerprint density at radius 3 is 2.52 bits per heavy atom. The molecule has 7 nitrogen and oxygen atoms in total. The second-order valence-corrected chi connectivity index (χ2v) is 7.14. The molecular weight excluding hydrogens is 324 g/mol. The van der Waals surface area contributed by atoms with Crippen molar-refractivity contribution in [2.24, 2.45) is 5.92 Å². The minimum atomic E-state index is -0.605. The van der Waals surface area contributed by atoms with Crippen molar-refractivity contribution in [1.29, 1.82) is 0 Å².